The first kappa shape index (κ1) is 20.8. The number of halogens is 2. The van der Waals surface area contributed by atoms with E-state index in [0.29, 0.717) is 6.42 Å². The van der Waals surface area contributed by atoms with Crippen LogP contribution in [0.5, 0.6) is 0 Å². The Kier molecular flexibility index (Phi) is 5.77. The number of ether oxygens (including phenoxy) is 1. The minimum absolute atomic E-state index is 0.128. The lowest BCUT2D eigenvalue weighted by atomic mass is 10.1. The summed E-state index contributed by atoms with van der Waals surface area (Å²) in [4.78, 5) is 25.9. The lowest BCUT2D eigenvalue weighted by Crippen LogP contribution is -2.55. The number of nitrogens with one attached hydrogen (secondary N) is 3. The van der Waals surface area contributed by atoms with Crippen LogP contribution in [0.2, 0.25) is 10.0 Å². The van der Waals surface area contributed by atoms with Gasteiger partial charge in [-0.25, -0.2) is 18.0 Å². The fourth-order valence-corrected chi connectivity index (χ4v) is 4.13. The van der Waals surface area contributed by atoms with Gasteiger partial charge in [0.15, 0.2) is 0 Å². The number of hydrazine groups is 1. The molecule has 1 fully saturated rings. The SMILES string of the molecule is CCOC(=O)C1(NC(=O)NNS(=O)(=O)c2cc(Cl)cc(Cl)c2)CC1(C)C. The number of amides is 2. The molecular weight excluding hydrogens is 405 g/mol. The first-order valence-electron chi connectivity index (χ1n) is 7.67. The summed E-state index contributed by atoms with van der Waals surface area (Å²) < 4.78 is 29.4. The van der Waals surface area contributed by atoms with E-state index in [9.17, 15) is 18.0 Å². The van der Waals surface area contributed by atoms with Gasteiger partial charge < -0.3 is 10.1 Å². The minimum atomic E-state index is -4.10. The molecule has 2 rings (SSSR count). The Bertz CT molecular complexity index is 823. The topological polar surface area (TPSA) is 114 Å². The molecule has 2 amide bonds. The lowest BCUT2D eigenvalue weighted by molar-refractivity contribution is -0.147. The van der Waals surface area contributed by atoms with E-state index in [0.717, 1.165) is 0 Å². The molecule has 1 atom stereocenters. The molecule has 1 aromatic rings. The molecule has 0 bridgehead atoms. The predicted octanol–water partition coefficient (Wildman–Crippen LogP) is 2.22. The van der Waals surface area contributed by atoms with Gasteiger partial charge in [-0.15, -0.1) is 4.83 Å². The zero-order chi connectivity index (χ0) is 19.8. The lowest BCUT2D eigenvalue weighted by Gasteiger charge is -2.20. The molecular formula is C15H19Cl2N3O5S. The summed E-state index contributed by atoms with van der Waals surface area (Å²) in [6, 6.07) is 2.85. The quantitative estimate of drug-likeness (QED) is 0.479. The van der Waals surface area contributed by atoms with Crippen molar-refractivity contribution < 1.29 is 22.7 Å². The van der Waals surface area contributed by atoms with Gasteiger partial charge >= 0.3 is 12.0 Å². The highest BCUT2D eigenvalue weighted by Gasteiger charge is 2.68. The molecule has 26 heavy (non-hydrogen) atoms. The van der Waals surface area contributed by atoms with Crippen LogP contribution < -0.4 is 15.6 Å². The number of urea groups is 1. The summed E-state index contributed by atoms with van der Waals surface area (Å²) in [6.45, 7) is 5.41. The number of sulfonamides is 1. The highest BCUT2D eigenvalue weighted by molar-refractivity contribution is 7.89. The van der Waals surface area contributed by atoms with Gasteiger partial charge in [-0.1, -0.05) is 37.0 Å². The summed E-state index contributed by atoms with van der Waals surface area (Å²) in [5.41, 5.74) is 0.309. The Morgan fingerprint density at radius 1 is 1.19 bits per heavy atom. The van der Waals surface area contributed by atoms with Crippen LogP contribution in [0, 0.1) is 5.41 Å². The van der Waals surface area contributed by atoms with Crippen LogP contribution in [-0.2, 0) is 19.6 Å². The third-order valence-electron chi connectivity index (χ3n) is 4.13. The maximum Gasteiger partial charge on any atom is 0.332 e. The van der Waals surface area contributed by atoms with E-state index < -0.39 is 33.0 Å². The largest absolute Gasteiger partial charge is 0.464 e. The normalized spacial score (nSPS) is 21.0. The maximum absolute atomic E-state index is 12.2. The van der Waals surface area contributed by atoms with Gasteiger partial charge in [0.25, 0.3) is 10.0 Å². The van der Waals surface area contributed by atoms with Gasteiger partial charge in [-0.2, -0.15) is 0 Å². The van der Waals surface area contributed by atoms with Gasteiger partial charge in [-0.05, 0) is 31.5 Å². The van der Waals surface area contributed by atoms with Crippen LogP contribution in [0.4, 0.5) is 4.79 Å². The van der Waals surface area contributed by atoms with Gasteiger partial charge in [0.1, 0.15) is 5.54 Å². The molecule has 1 saturated carbocycles. The molecule has 1 aliphatic carbocycles. The van der Waals surface area contributed by atoms with E-state index >= 15 is 0 Å². The predicted molar refractivity (Wildman–Crippen MR) is 96.2 cm³/mol. The highest BCUT2D eigenvalue weighted by atomic mass is 35.5. The summed E-state index contributed by atoms with van der Waals surface area (Å²) in [6.07, 6.45) is 0.378. The van der Waals surface area contributed by atoms with Crippen LogP contribution in [0.3, 0.4) is 0 Å². The molecule has 3 N–H and O–H groups in total. The van der Waals surface area contributed by atoms with E-state index in [4.69, 9.17) is 27.9 Å². The van der Waals surface area contributed by atoms with Gasteiger partial charge in [-0.3, -0.25) is 5.43 Å². The van der Waals surface area contributed by atoms with Crippen molar-refractivity contribution in [3.05, 3.63) is 28.2 Å². The highest BCUT2D eigenvalue weighted by Crippen LogP contribution is 2.56. The second kappa shape index (κ2) is 7.22. The molecule has 1 aromatic carbocycles. The number of hydrogen-bond acceptors (Lipinski definition) is 5. The van der Waals surface area contributed by atoms with Crippen LogP contribution in [-0.4, -0.2) is 32.6 Å². The Morgan fingerprint density at radius 2 is 1.73 bits per heavy atom. The average molecular weight is 424 g/mol. The number of carbonyl (C=O) groups excluding carboxylic acids is 2. The summed E-state index contributed by atoms with van der Waals surface area (Å²) >= 11 is 11.6. The smallest absolute Gasteiger partial charge is 0.332 e. The van der Waals surface area contributed by atoms with Crippen LogP contribution in [0.25, 0.3) is 0 Å². The molecule has 0 radical (unpaired) electrons. The van der Waals surface area contributed by atoms with Crippen molar-refractivity contribution in [2.75, 3.05) is 6.61 Å². The Morgan fingerprint density at radius 3 is 2.19 bits per heavy atom. The second-order valence-electron chi connectivity index (χ2n) is 6.48. The molecule has 11 heteroatoms. The fraction of sp³-hybridized carbons (Fsp3) is 0.467. The van der Waals surface area contributed by atoms with E-state index in [1.54, 1.807) is 20.8 Å². The average Bonchev–Trinajstić information content (AvgIpc) is 3.07. The number of rotatable bonds is 6. The van der Waals surface area contributed by atoms with Crippen molar-refractivity contribution in [1.82, 2.24) is 15.6 Å². The maximum atomic E-state index is 12.2. The molecule has 144 valence electrons. The molecule has 0 heterocycles. The first-order valence-corrected chi connectivity index (χ1v) is 9.91. The summed E-state index contributed by atoms with van der Waals surface area (Å²) in [5, 5.41) is 2.74. The molecule has 0 spiro atoms. The minimum Gasteiger partial charge on any atom is -0.464 e. The van der Waals surface area contributed by atoms with E-state index in [-0.39, 0.29) is 21.5 Å². The van der Waals surface area contributed by atoms with Gasteiger partial charge in [0.05, 0.1) is 11.5 Å². The van der Waals surface area contributed by atoms with Gasteiger partial charge in [0.2, 0.25) is 0 Å². The van der Waals surface area contributed by atoms with E-state index in [1.165, 1.54) is 18.2 Å². The van der Waals surface area contributed by atoms with Crippen molar-refractivity contribution in [3.8, 4) is 0 Å². The summed E-state index contributed by atoms with van der Waals surface area (Å²) in [7, 11) is -4.10. The van der Waals surface area contributed by atoms with Crippen LogP contribution >= 0.6 is 23.2 Å². The Labute approximate surface area is 161 Å². The number of benzene rings is 1. The monoisotopic (exact) mass is 423 g/mol. The van der Waals surface area contributed by atoms with Crippen molar-refractivity contribution in [2.45, 2.75) is 37.6 Å². The molecule has 8 nitrogen and oxygen atoms in total. The standard InChI is InChI=1S/C15H19Cl2N3O5S/c1-4-25-12(21)15(8-14(15,2)3)18-13(22)19-20-26(23,24)11-6-9(16)5-10(17)7-11/h5-7,20H,4,8H2,1-3H3,(H2,18,19,22). The van der Waals surface area contributed by atoms with Crippen molar-refractivity contribution in [3.63, 3.8) is 0 Å². The second-order valence-corrected chi connectivity index (χ2v) is 9.03. The van der Waals surface area contributed by atoms with Crippen molar-refractivity contribution in [1.29, 1.82) is 0 Å². The van der Waals surface area contributed by atoms with Crippen molar-refractivity contribution in [2.24, 2.45) is 5.41 Å². The zero-order valence-electron chi connectivity index (χ0n) is 14.4. The zero-order valence-corrected chi connectivity index (χ0v) is 16.7. The fourth-order valence-electron chi connectivity index (χ4n) is 2.57. The van der Waals surface area contributed by atoms with E-state index in [2.05, 4.69) is 5.32 Å². The van der Waals surface area contributed by atoms with Gasteiger partial charge in [0, 0.05) is 15.5 Å². The van der Waals surface area contributed by atoms with E-state index in [1.807, 2.05) is 10.3 Å². The summed E-state index contributed by atoms with van der Waals surface area (Å²) in [5.74, 6) is -0.565. The number of hydrogen-bond donors (Lipinski definition) is 3. The first-order chi connectivity index (χ1) is 11.9. The molecule has 1 aliphatic rings. The van der Waals surface area contributed by atoms with Crippen LogP contribution in [0.15, 0.2) is 23.1 Å². The Balaban J connectivity index is 2.05. The molecule has 1 unspecified atom stereocenters. The van der Waals surface area contributed by atoms with Crippen molar-refractivity contribution >= 4 is 45.2 Å². The third kappa shape index (κ3) is 4.22. The molecule has 0 aliphatic heterocycles. The molecule has 0 saturated heterocycles. The molecule has 0 aromatic heterocycles. The van der Waals surface area contributed by atoms with Crippen LogP contribution in [0.1, 0.15) is 27.2 Å². The third-order valence-corrected chi connectivity index (χ3v) is 5.80. The number of esters is 1. The Hall–Kier alpha value is -1.55. The number of carbonyl (C=O) groups is 2.